The van der Waals surface area contributed by atoms with E-state index in [0.29, 0.717) is 26.2 Å². The lowest BCUT2D eigenvalue weighted by atomic mass is 9.84. The van der Waals surface area contributed by atoms with Crippen LogP contribution >= 0.6 is 23.2 Å². The summed E-state index contributed by atoms with van der Waals surface area (Å²) >= 11 is 12.8. The Morgan fingerprint density at radius 3 is 1.33 bits per heavy atom. The quantitative estimate of drug-likeness (QED) is 0.225. The Kier molecular flexibility index (Phi) is 9.26. The Morgan fingerprint density at radius 2 is 0.976 bits per heavy atom. The molecule has 4 nitrogen and oxygen atoms in total. The van der Waals surface area contributed by atoms with E-state index in [9.17, 15) is 9.59 Å². The first-order chi connectivity index (χ1) is 20.4. The van der Waals surface area contributed by atoms with E-state index in [0.717, 1.165) is 32.3 Å². The minimum atomic E-state index is -0.0402. The first-order valence-corrected chi connectivity index (χ1v) is 14.6. The molecule has 42 heavy (non-hydrogen) atoms. The normalized spacial score (nSPS) is 17.2. The number of carbonyl (C=O) groups excluding carboxylic acids is 2. The van der Waals surface area contributed by atoms with Gasteiger partial charge in [-0.1, -0.05) is 121 Å². The lowest BCUT2D eigenvalue weighted by Gasteiger charge is -2.35. The number of fused-ring (bicyclic) bond motifs is 2. The van der Waals surface area contributed by atoms with E-state index in [1.165, 1.54) is 23.3 Å². The molecule has 0 aromatic heterocycles. The van der Waals surface area contributed by atoms with Crippen LogP contribution in [0.1, 0.15) is 45.2 Å². The Labute approximate surface area is 257 Å². The van der Waals surface area contributed by atoms with Crippen molar-refractivity contribution in [2.24, 2.45) is 0 Å². The van der Waals surface area contributed by atoms with Crippen LogP contribution in [0.4, 0.5) is 0 Å². The average Bonchev–Trinajstić information content (AvgIpc) is 3.04. The summed E-state index contributed by atoms with van der Waals surface area (Å²) in [6.45, 7) is 9.62. The summed E-state index contributed by atoms with van der Waals surface area (Å²) in [7, 11) is 0. The number of hydrogen-bond acceptors (Lipinski definition) is 2. The summed E-state index contributed by atoms with van der Waals surface area (Å²) in [4.78, 5) is 27.7. The van der Waals surface area contributed by atoms with Gasteiger partial charge in [0.25, 0.3) is 0 Å². The van der Waals surface area contributed by atoms with E-state index in [1.807, 2.05) is 82.6 Å². The fourth-order valence-electron chi connectivity index (χ4n) is 5.89. The molecule has 0 aliphatic carbocycles. The maximum Gasteiger partial charge on any atom is 0.246 e. The fraction of sp³-hybridized carbons (Fsp3) is 0.167. The van der Waals surface area contributed by atoms with Crippen molar-refractivity contribution in [3.05, 3.63) is 166 Å². The highest BCUT2D eigenvalue weighted by Gasteiger charge is 2.31. The molecule has 0 saturated heterocycles. The molecule has 4 aromatic rings. The van der Waals surface area contributed by atoms with Crippen LogP contribution in [0.15, 0.2) is 122 Å². The Bertz CT molecular complexity index is 1480. The highest BCUT2D eigenvalue weighted by molar-refractivity contribution is 6.32. The van der Waals surface area contributed by atoms with Crippen LogP contribution in [0.2, 0.25) is 10.0 Å². The van der Waals surface area contributed by atoms with Crippen molar-refractivity contribution in [3.8, 4) is 0 Å². The maximum atomic E-state index is 12.0. The van der Waals surface area contributed by atoms with Gasteiger partial charge in [0, 0.05) is 48.1 Å². The third-order valence-electron chi connectivity index (χ3n) is 7.89. The van der Waals surface area contributed by atoms with E-state index in [2.05, 4.69) is 37.4 Å². The molecule has 0 fully saturated rings. The predicted octanol–water partition coefficient (Wildman–Crippen LogP) is 8.00. The molecule has 0 bridgehead atoms. The largest absolute Gasteiger partial charge is 0.334 e. The van der Waals surface area contributed by atoms with Crippen LogP contribution in [0, 0.1) is 0 Å². The zero-order valence-electron chi connectivity index (χ0n) is 23.3. The van der Waals surface area contributed by atoms with Crippen molar-refractivity contribution >= 4 is 35.0 Å². The second-order valence-corrected chi connectivity index (χ2v) is 11.2. The van der Waals surface area contributed by atoms with Crippen molar-refractivity contribution in [3.63, 3.8) is 0 Å². The van der Waals surface area contributed by atoms with Crippen molar-refractivity contribution < 1.29 is 9.59 Å². The molecule has 2 aliphatic rings. The number of benzene rings is 4. The Hall–Kier alpha value is -4.12. The van der Waals surface area contributed by atoms with E-state index in [-0.39, 0.29) is 23.7 Å². The summed E-state index contributed by atoms with van der Waals surface area (Å²) < 4.78 is 0. The molecular formula is C36H32Cl2N2O2. The molecule has 6 heteroatoms. The van der Waals surface area contributed by atoms with E-state index in [4.69, 9.17) is 23.2 Å². The van der Waals surface area contributed by atoms with E-state index < -0.39 is 0 Å². The first-order valence-electron chi connectivity index (χ1n) is 13.9. The van der Waals surface area contributed by atoms with E-state index >= 15 is 0 Å². The molecule has 2 heterocycles. The predicted molar refractivity (Wildman–Crippen MR) is 171 cm³/mol. The van der Waals surface area contributed by atoms with Crippen LogP contribution in [0.5, 0.6) is 0 Å². The van der Waals surface area contributed by atoms with Crippen LogP contribution in [-0.2, 0) is 22.7 Å². The number of halogens is 2. The van der Waals surface area contributed by atoms with Gasteiger partial charge in [0.15, 0.2) is 0 Å². The number of rotatable bonds is 4. The lowest BCUT2D eigenvalue weighted by Crippen LogP contribution is -2.37. The number of hydrogen-bond donors (Lipinski definition) is 0. The van der Waals surface area contributed by atoms with Gasteiger partial charge < -0.3 is 9.80 Å². The minimum Gasteiger partial charge on any atom is -0.334 e. The fourth-order valence-corrected chi connectivity index (χ4v) is 6.54. The van der Waals surface area contributed by atoms with Gasteiger partial charge >= 0.3 is 0 Å². The van der Waals surface area contributed by atoms with E-state index in [1.54, 1.807) is 0 Å². The second-order valence-electron chi connectivity index (χ2n) is 10.4. The summed E-state index contributed by atoms with van der Waals surface area (Å²) in [5, 5.41) is 1.54. The molecule has 6 rings (SSSR count). The Morgan fingerprint density at radius 1 is 0.595 bits per heavy atom. The van der Waals surface area contributed by atoms with Gasteiger partial charge in [-0.25, -0.2) is 0 Å². The monoisotopic (exact) mass is 594 g/mol. The standard InChI is InChI=1S/2C18H16ClNO/c2*1-2-17(21)20-11-14-9-6-10-16(19)18(14)15(12-20)13-7-4-3-5-8-13/h2*2-10,15H,1,11-12H2/t2*15-/m10/s1. The smallest absolute Gasteiger partial charge is 0.246 e. The highest BCUT2D eigenvalue weighted by Crippen LogP contribution is 2.39. The van der Waals surface area contributed by atoms with Gasteiger partial charge in [-0.2, -0.15) is 0 Å². The third-order valence-corrected chi connectivity index (χ3v) is 8.55. The van der Waals surface area contributed by atoms with Crippen molar-refractivity contribution in [2.45, 2.75) is 24.9 Å². The highest BCUT2D eigenvalue weighted by atomic mass is 35.5. The van der Waals surface area contributed by atoms with Crippen LogP contribution in [0.3, 0.4) is 0 Å². The maximum absolute atomic E-state index is 12.0. The lowest BCUT2D eigenvalue weighted by molar-refractivity contribution is -0.127. The molecular weight excluding hydrogens is 563 g/mol. The van der Waals surface area contributed by atoms with Gasteiger partial charge in [-0.05, 0) is 57.7 Å². The van der Waals surface area contributed by atoms with Crippen molar-refractivity contribution in [1.82, 2.24) is 9.80 Å². The summed E-state index contributed by atoms with van der Waals surface area (Å²) in [6.07, 6.45) is 2.75. The molecule has 2 atom stereocenters. The Balaban J connectivity index is 0.000000168. The van der Waals surface area contributed by atoms with Crippen LogP contribution in [0.25, 0.3) is 0 Å². The molecule has 0 saturated carbocycles. The molecule has 0 unspecified atom stereocenters. The van der Waals surface area contributed by atoms with Crippen molar-refractivity contribution in [2.75, 3.05) is 13.1 Å². The van der Waals surface area contributed by atoms with Gasteiger partial charge in [0.05, 0.1) is 0 Å². The zero-order valence-corrected chi connectivity index (χ0v) is 24.8. The molecule has 0 radical (unpaired) electrons. The number of nitrogens with zero attached hydrogens (tertiary/aromatic N) is 2. The van der Waals surface area contributed by atoms with Gasteiger partial charge in [0.1, 0.15) is 0 Å². The van der Waals surface area contributed by atoms with Crippen molar-refractivity contribution in [1.29, 1.82) is 0 Å². The number of carbonyl (C=O) groups is 2. The molecule has 4 aromatic carbocycles. The topological polar surface area (TPSA) is 40.6 Å². The van der Waals surface area contributed by atoms with Crippen LogP contribution < -0.4 is 0 Å². The zero-order chi connectivity index (χ0) is 29.6. The second kappa shape index (κ2) is 13.2. The summed E-state index contributed by atoms with van der Waals surface area (Å²) in [6, 6.07) is 32.2. The average molecular weight is 596 g/mol. The molecule has 2 amide bonds. The SMILES string of the molecule is C=CC(=O)N1Cc2cccc(Cl)c2[C@@H](c2ccccc2)C1.C=CC(=O)N1Cc2cccc(Cl)c2[C@H](c2ccccc2)C1. The van der Waals surface area contributed by atoms with Gasteiger partial charge in [0.2, 0.25) is 11.8 Å². The third kappa shape index (κ3) is 6.20. The van der Waals surface area contributed by atoms with Gasteiger partial charge in [-0.15, -0.1) is 0 Å². The molecule has 212 valence electrons. The molecule has 0 N–H and O–H groups in total. The number of amides is 2. The van der Waals surface area contributed by atoms with Crippen LogP contribution in [-0.4, -0.2) is 34.7 Å². The van der Waals surface area contributed by atoms with Gasteiger partial charge in [-0.3, -0.25) is 9.59 Å². The molecule has 0 spiro atoms. The first kappa shape index (κ1) is 29.4. The molecule has 2 aliphatic heterocycles. The summed E-state index contributed by atoms with van der Waals surface area (Å²) in [5.74, 6) is 0.128. The minimum absolute atomic E-state index is 0.0402. The summed E-state index contributed by atoms with van der Waals surface area (Å²) in [5.41, 5.74) is 6.84.